The van der Waals surface area contributed by atoms with Crippen LogP contribution in [0.3, 0.4) is 0 Å². The minimum Gasteiger partial charge on any atom is -0.466 e. The first kappa shape index (κ1) is 125. The van der Waals surface area contributed by atoms with Gasteiger partial charge in [-0.15, -0.1) is 94.1 Å². The first-order valence-corrected chi connectivity index (χ1v) is 61.3. The van der Waals surface area contributed by atoms with Crippen LogP contribution >= 0.6 is 106 Å². The lowest BCUT2D eigenvalue weighted by Gasteiger charge is -2.19. The summed E-state index contributed by atoms with van der Waals surface area (Å²) in [5.74, 6) is 11.0. The van der Waals surface area contributed by atoms with Gasteiger partial charge in [0.15, 0.2) is 0 Å². The molecule has 24 heteroatoms. The normalized spacial score (nSPS) is 12.2. The van der Waals surface area contributed by atoms with E-state index in [1.807, 2.05) is 258 Å². The molecule has 1 aliphatic heterocycles. The first-order chi connectivity index (χ1) is 66.3. The van der Waals surface area contributed by atoms with Crippen LogP contribution in [0.5, 0.6) is 0 Å². The Morgan fingerprint density at radius 3 is 1.04 bits per heavy atom. The number of ketones is 8. The van der Waals surface area contributed by atoms with Crippen molar-refractivity contribution in [2.24, 2.45) is 11.8 Å². The summed E-state index contributed by atoms with van der Waals surface area (Å²) in [5.41, 5.74) is 0. The molecule has 1 aromatic heterocycles. The van der Waals surface area contributed by atoms with Gasteiger partial charge in [0.1, 0.15) is 57.8 Å². The van der Waals surface area contributed by atoms with Crippen LogP contribution in [0.1, 0.15) is 169 Å². The lowest BCUT2D eigenvalue weighted by atomic mass is 9.99. The van der Waals surface area contributed by atoms with Crippen molar-refractivity contribution in [2.45, 2.75) is 248 Å². The lowest BCUT2D eigenvalue weighted by Crippen LogP contribution is -2.24. The highest BCUT2D eigenvalue weighted by Gasteiger charge is 2.19. The fourth-order valence-electron chi connectivity index (χ4n) is 12.7. The Labute approximate surface area is 863 Å². The van der Waals surface area contributed by atoms with Gasteiger partial charge in [-0.25, -0.2) is 0 Å². The summed E-state index contributed by atoms with van der Waals surface area (Å²) >= 11 is 14.8. The third-order valence-electron chi connectivity index (χ3n) is 20.3. The average Bonchev–Trinajstić information content (AvgIpc) is 1.78. The Hall–Kier alpha value is -6.43. The Balaban J connectivity index is 0.000000404. The van der Waals surface area contributed by atoms with Crippen molar-refractivity contribution >= 4 is 160 Å². The van der Waals surface area contributed by atoms with Crippen LogP contribution in [0, 0.1) is 18.8 Å². The summed E-state index contributed by atoms with van der Waals surface area (Å²) in [4.78, 5) is 105. The van der Waals surface area contributed by atoms with E-state index in [0.717, 1.165) is 164 Å². The molecule has 0 bridgehead atoms. The second-order valence-corrected chi connectivity index (χ2v) is 49.5. The Bertz CT molecular complexity index is 4520. The number of carbonyl (C=O) groups excluding carboxylic acids is 8. The van der Waals surface area contributed by atoms with Crippen LogP contribution in [0.25, 0.3) is 0 Å². The smallest absolute Gasteiger partial charge is 0.143 e. The van der Waals surface area contributed by atoms with Crippen LogP contribution in [-0.2, 0) is 63.7 Å². The van der Waals surface area contributed by atoms with Crippen molar-refractivity contribution in [3.8, 4) is 0 Å². The van der Waals surface area contributed by atoms with Crippen LogP contribution in [-0.4, -0.2) is 190 Å². The van der Waals surface area contributed by atoms with Gasteiger partial charge in [0.2, 0.25) is 0 Å². The van der Waals surface area contributed by atoms with Gasteiger partial charge in [0, 0.05) is 146 Å². The van der Waals surface area contributed by atoms with Crippen molar-refractivity contribution in [1.29, 1.82) is 0 Å². The number of carbonyl (C=O) groups is 8. The minimum absolute atomic E-state index is 0.262. The fraction of sp³-hybridized carbons (Fsp3) is 0.469. The Morgan fingerprint density at radius 2 is 0.730 bits per heavy atom. The van der Waals surface area contributed by atoms with E-state index in [9.17, 15) is 38.4 Å². The molecule has 137 heavy (non-hydrogen) atoms. The Morgan fingerprint density at radius 1 is 0.394 bits per heavy atom. The summed E-state index contributed by atoms with van der Waals surface area (Å²) in [7, 11) is 2.30. The van der Waals surface area contributed by atoms with Crippen molar-refractivity contribution in [1.82, 2.24) is 4.90 Å². The van der Waals surface area contributed by atoms with E-state index in [0.29, 0.717) is 150 Å². The number of methoxy groups -OCH3 is 2. The molecule has 8 aromatic carbocycles. The lowest BCUT2D eigenvalue weighted by molar-refractivity contribution is -0.118. The molecule has 2 heterocycles. The molecule has 0 aliphatic carbocycles. The van der Waals surface area contributed by atoms with Gasteiger partial charge < -0.3 is 28.3 Å². The molecule has 0 saturated carbocycles. The van der Waals surface area contributed by atoms with Gasteiger partial charge in [-0.2, -0.15) is 11.8 Å². The van der Waals surface area contributed by atoms with E-state index < -0.39 is 8.07 Å². The van der Waals surface area contributed by atoms with Crippen molar-refractivity contribution in [3.63, 3.8) is 0 Å². The number of ether oxygens (including phenoxy) is 4. The quantitative estimate of drug-likeness (QED) is 0.0198. The molecule has 1 fully saturated rings. The van der Waals surface area contributed by atoms with Gasteiger partial charge in [-0.3, -0.25) is 38.4 Å². The maximum Gasteiger partial charge on any atom is 0.143 e. The van der Waals surface area contributed by atoms with E-state index in [1.54, 1.807) is 120 Å². The molecular weight excluding hydrogens is 1900 g/mol. The predicted molar refractivity (Wildman–Crippen MR) is 595 cm³/mol. The molecule has 0 radical (unpaired) electrons. The van der Waals surface area contributed by atoms with Gasteiger partial charge in [0.25, 0.3) is 0 Å². The number of thioether (sulfide) groups is 9. The van der Waals surface area contributed by atoms with E-state index in [1.165, 1.54) is 21.1 Å². The summed E-state index contributed by atoms with van der Waals surface area (Å²) in [5, 5.41) is 0. The first-order valence-electron chi connectivity index (χ1n) is 48.3. The summed E-state index contributed by atoms with van der Waals surface area (Å²) in [6.07, 6.45) is 19.1. The Kier molecular flexibility index (Phi) is 75.6. The van der Waals surface area contributed by atoms with Crippen molar-refractivity contribution < 1.29 is 61.7 Å². The largest absolute Gasteiger partial charge is 0.466 e. The highest BCUT2D eigenvalue weighted by Crippen LogP contribution is 2.27. The van der Waals surface area contributed by atoms with Gasteiger partial charge >= 0.3 is 0 Å². The second kappa shape index (κ2) is 83.1. The standard InChI is InChI=1S/C18H29NOS.C15H16O2S.C15H22O2S.C14H18O2S.2C13H18O2S.C13H20OSSi.C12H16OS2/c1-4-19(5-2)13-9-10-16(3)14-17(20)15-21-18-11-7-6-8-12-18;1-12-7-9-14(17-12)10-8-13(16)11-18-15-5-3-2-4-6-15;1-13(2)17-11-7-6-8-14(16)12-18-15-9-4-3-5-10-15;15-12(8-9-13-5-4-10-16-13)11-17-14-6-2-1-3-7-14;1-11(9-15-2)8-12(14)10-16-13-6-4-3-5-7-13;1-15-10-6-5-7-12(14)11-16-13-8-3-2-4-9-13;1-16(2,3)10-9-12(14)11-15-13-7-5-4-6-8-13;1-14-9-5-6-11(13)10-15-12-7-3-2-4-8-12/h6-8,11-12,16H,4-5,9-10,13-15H2,1-3H3;2-7,9H,8,10-11H2,1H3;3-5,9-10,13H,6-8,11-12H2,1-2H3;1-3,6-7,13H,4-5,8-11H2;3-7,11H,8-10H2,1-2H3;2-4,8-9H,5-7,10-11H2,1H3;4-8H,9-11H2,1-3H3;2-4,7-8H,5-6,9-10H2,1H3/t;;;13-;11-;;;/m...01.../s1. The molecule has 0 amide bonds. The molecule has 750 valence electrons. The molecular formula is C113H157NO13S9Si. The van der Waals surface area contributed by atoms with E-state index in [2.05, 4.69) is 75.8 Å². The summed E-state index contributed by atoms with van der Waals surface area (Å²) in [6, 6.07) is 85.5. The number of hydrogen-bond donors (Lipinski definition) is 0. The highest BCUT2D eigenvalue weighted by molar-refractivity contribution is 8.01. The van der Waals surface area contributed by atoms with Gasteiger partial charge in [0.05, 0.1) is 58.2 Å². The molecule has 14 nitrogen and oxygen atoms in total. The van der Waals surface area contributed by atoms with E-state index in [4.69, 9.17) is 23.4 Å². The van der Waals surface area contributed by atoms with E-state index in [-0.39, 0.29) is 11.9 Å². The van der Waals surface area contributed by atoms with E-state index >= 15 is 0 Å². The molecule has 1 aliphatic rings. The monoisotopic (exact) mass is 2050 g/mol. The van der Waals surface area contributed by atoms with Crippen LogP contribution < -0.4 is 0 Å². The SMILES string of the molecule is CC(C)OCCCCC(=O)CSc1ccccc1.CCN(CC)CCCC(C)CC(=O)CSc1ccccc1.COCCCCC(=O)CSc1ccccc1.COC[C@H](C)CC(=O)CSc1ccccc1.CSCCCC(=O)CSc1ccccc1.C[Si](C)(C)CCC(=O)CSc1ccccc1.Cc1ccc(CCC(=O)CSc2ccccc2)o1.O=C(CC[C@@H]1CCCO1)CSc1ccccc1. The molecule has 10 rings (SSSR count). The third-order valence-corrected chi connectivity index (χ3v) is 31.4. The molecule has 0 N–H and O–H groups in total. The average molecular weight is 2050 g/mol. The molecule has 3 atom stereocenters. The summed E-state index contributed by atoms with van der Waals surface area (Å²) in [6.45, 7) is 28.0. The second-order valence-electron chi connectivity index (χ2n) is 34.5. The minimum atomic E-state index is -1.06. The predicted octanol–water partition coefficient (Wildman–Crippen LogP) is 29.4. The third kappa shape index (κ3) is 73.3. The molecule has 9 aromatic rings. The molecule has 1 unspecified atom stereocenters. The number of nitrogens with zero attached hydrogens (tertiary/aromatic N) is 1. The zero-order chi connectivity index (χ0) is 99.8. The van der Waals surface area contributed by atoms with Gasteiger partial charge in [-0.1, -0.05) is 199 Å². The topological polar surface area (TPSA) is 190 Å². The van der Waals surface area contributed by atoms with Crippen LogP contribution in [0.2, 0.25) is 25.7 Å². The number of unbranched alkanes of at least 4 members (excludes halogenated alkanes) is 2. The van der Waals surface area contributed by atoms with Crippen LogP contribution in [0.4, 0.5) is 0 Å². The highest BCUT2D eigenvalue weighted by atomic mass is 32.2. The molecule has 0 spiro atoms. The zero-order valence-corrected chi connectivity index (χ0v) is 92.3. The number of rotatable bonds is 60. The summed E-state index contributed by atoms with van der Waals surface area (Å²) < 4.78 is 26.3. The molecule has 1 saturated heterocycles. The zero-order valence-electron chi connectivity index (χ0n) is 83.9. The number of aryl methyl sites for hydroxylation is 2. The van der Waals surface area contributed by atoms with Crippen molar-refractivity contribution in [3.05, 3.63) is 266 Å². The van der Waals surface area contributed by atoms with Crippen LogP contribution in [0.15, 0.2) is 298 Å². The number of benzene rings is 8. The fourth-order valence-corrected chi connectivity index (χ4v) is 20.7. The number of hydrogen-bond acceptors (Lipinski definition) is 23. The number of Topliss-reactive ketones (excluding diaryl/α,β-unsaturated/α-hetero) is 8. The maximum atomic E-state index is 12.0. The van der Waals surface area contributed by atoms with Gasteiger partial charge in [-0.05, 0) is 238 Å². The van der Waals surface area contributed by atoms with Crippen molar-refractivity contribution in [2.75, 3.05) is 118 Å². The number of furan rings is 1. The maximum absolute atomic E-state index is 12.0.